The van der Waals surface area contributed by atoms with Gasteiger partial charge in [0.05, 0.1) is 19.0 Å². The van der Waals surface area contributed by atoms with Gasteiger partial charge in [0, 0.05) is 4.88 Å². The number of alkyl halides is 1. The van der Waals surface area contributed by atoms with Gasteiger partial charge >= 0.3 is 5.97 Å². The van der Waals surface area contributed by atoms with Gasteiger partial charge in [0.15, 0.2) is 0 Å². The van der Waals surface area contributed by atoms with Gasteiger partial charge in [-0.25, -0.2) is 0 Å². The summed E-state index contributed by atoms with van der Waals surface area (Å²) in [7, 11) is 1.25. The first kappa shape index (κ1) is 35.7. The van der Waals surface area contributed by atoms with Crippen LogP contribution in [0.2, 0.25) is 0 Å². The Morgan fingerprint density at radius 3 is 2.18 bits per heavy atom. The van der Waals surface area contributed by atoms with Crippen molar-refractivity contribution in [3.05, 3.63) is 47.2 Å². The van der Waals surface area contributed by atoms with Crippen LogP contribution in [-0.4, -0.2) is 47.7 Å². The third kappa shape index (κ3) is 19.3. The molecule has 0 aliphatic heterocycles. The summed E-state index contributed by atoms with van der Waals surface area (Å²) in [4.78, 5) is 38.6. The number of unbranched alkanes of at least 4 members (excludes halogenated alkanes) is 1. The van der Waals surface area contributed by atoms with Gasteiger partial charge in [0.1, 0.15) is 12.6 Å². The van der Waals surface area contributed by atoms with E-state index in [0.29, 0.717) is 13.0 Å². The van der Waals surface area contributed by atoms with Crippen LogP contribution in [0.5, 0.6) is 0 Å². The van der Waals surface area contributed by atoms with E-state index in [0.717, 1.165) is 10.5 Å². The molecule has 190 valence electrons. The van der Waals surface area contributed by atoms with Crippen LogP contribution in [0.15, 0.2) is 42.3 Å². The lowest BCUT2D eigenvalue weighted by molar-refractivity contribution is -0.143. The maximum absolute atomic E-state index is 12.5. The van der Waals surface area contributed by atoms with Crippen LogP contribution in [0, 0.1) is 0 Å². The van der Waals surface area contributed by atoms with Gasteiger partial charge in [-0.05, 0) is 31.7 Å². The second kappa shape index (κ2) is 24.7. The lowest BCUT2D eigenvalue weighted by Gasteiger charge is -2.30. The number of amides is 2. The summed E-state index contributed by atoms with van der Waals surface area (Å²) < 4.78 is 4.52. The summed E-state index contributed by atoms with van der Waals surface area (Å²) in [5.41, 5.74) is 0.770. The molecule has 0 radical (unpaired) electrons. The molecule has 0 aromatic carbocycles. The number of methoxy groups -OCH3 is 1. The first-order valence-electron chi connectivity index (χ1n) is 11.2. The van der Waals surface area contributed by atoms with Crippen molar-refractivity contribution in [1.82, 2.24) is 10.2 Å². The van der Waals surface area contributed by atoms with E-state index in [9.17, 15) is 14.4 Å². The fourth-order valence-corrected chi connectivity index (χ4v) is 3.07. The van der Waals surface area contributed by atoms with Crippen LogP contribution < -0.4 is 5.32 Å². The van der Waals surface area contributed by atoms with Crippen LogP contribution >= 0.6 is 27.3 Å². The summed E-state index contributed by atoms with van der Waals surface area (Å²) in [5.74, 6) is -1.16. The number of allylic oxidation sites excluding steroid dienone is 1. The Morgan fingerprint density at radius 2 is 1.82 bits per heavy atom. The average molecular weight is 548 g/mol. The van der Waals surface area contributed by atoms with Crippen LogP contribution in [0.3, 0.4) is 0 Å². The molecule has 0 fully saturated rings. The minimum atomic E-state index is -0.737. The predicted molar refractivity (Wildman–Crippen MR) is 145 cm³/mol. The molecule has 1 rings (SSSR count). The van der Waals surface area contributed by atoms with Crippen LogP contribution in [0.1, 0.15) is 65.7 Å². The smallest absolute Gasteiger partial charge is 0.325 e. The average Bonchev–Trinajstić information content (AvgIpc) is 3.34. The molecule has 6 nitrogen and oxygen atoms in total. The highest BCUT2D eigenvalue weighted by Crippen LogP contribution is 2.18. The highest BCUT2D eigenvalue weighted by Gasteiger charge is 2.30. The highest BCUT2D eigenvalue weighted by atomic mass is 79.9. The molecule has 1 N–H and O–H groups in total. The molecule has 0 bridgehead atoms. The number of halogens is 1. The number of hydrogen-bond acceptors (Lipinski definition) is 5. The molecule has 0 saturated heterocycles. The number of ether oxygens (including phenoxy) is 1. The summed E-state index contributed by atoms with van der Waals surface area (Å²) in [6.07, 6.45) is 4.71. The van der Waals surface area contributed by atoms with E-state index in [2.05, 4.69) is 53.0 Å². The minimum absolute atomic E-state index is 0.106. The van der Waals surface area contributed by atoms with Crippen molar-refractivity contribution in [3.63, 3.8) is 0 Å². The molecule has 1 atom stereocenters. The Hall–Kier alpha value is -1.93. The zero-order chi connectivity index (χ0) is 26.2. The van der Waals surface area contributed by atoms with Crippen molar-refractivity contribution >= 4 is 45.1 Å². The maximum Gasteiger partial charge on any atom is 0.325 e. The topological polar surface area (TPSA) is 75.7 Å². The van der Waals surface area contributed by atoms with Crippen LogP contribution in [-0.2, 0) is 25.7 Å². The molecular weight excluding hydrogens is 504 g/mol. The van der Waals surface area contributed by atoms with Gasteiger partial charge in [0.2, 0.25) is 11.8 Å². The molecule has 2 amide bonds. The van der Waals surface area contributed by atoms with Crippen molar-refractivity contribution < 1.29 is 19.1 Å². The van der Waals surface area contributed by atoms with Gasteiger partial charge in [0.25, 0.3) is 0 Å². The number of thiophene rings is 1. The van der Waals surface area contributed by atoms with E-state index in [4.69, 9.17) is 0 Å². The summed E-state index contributed by atoms with van der Waals surface area (Å²) in [5, 5.41) is 4.54. The zero-order valence-corrected chi connectivity index (χ0v) is 23.8. The Kier molecular flexibility index (Phi) is 26.7. The molecule has 0 unspecified atom stereocenters. The van der Waals surface area contributed by atoms with Crippen molar-refractivity contribution in [2.75, 3.05) is 19.0 Å². The van der Waals surface area contributed by atoms with Gasteiger partial charge in [-0.3, -0.25) is 14.4 Å². The zero-order valence-electron chi connectivity index (χ0n) is 21.4. The highest BCUT2D eigenvalue weighted by molar-refractivity contribution is 9.09. The van der Waals surface area contributed by atoms with E-state index >= 15 is 0 Å². The molecule has 1 aromatic rings. The van der Waals surface area contributed by atoms with E-state index in [1.54, 1.807) is 13.0 Å². The second-order valence-electron chi connectivity index (χ2n) is 6.61. The molecule has 33 heavy (non-hydrogen) atoms. The molecule has 8 heteroatoms. The molecule has 1 heterocycles. The first-order valence-corrected chi connectivity index (χ1v) is 13.2. The molecule has 0 aliphatic carbocycles. The molecule has 1 aromatic heterocycles. The van der Waals surface area contributed by atoms with Gasteiger partial charge in [-0.15, -0.1) is 24.5 Å². The summed E-state index contributed by atoms with van der Waals surface area (Å²) in [6, 6.07) is 3.06. The van der Waals surface area contributed by atoms with E-state index in [1.807, 2.05) is 38.3 Å². The number of esters is 1. The number of carbonyl (C=O) groups is 3. The lowest BCUT2D eigenvalue weighted by atomic mass is 10.1. The van der Waals surface area contributed by atoms with E-state index in [-0.39, 0.29) is 17.8 Å². The molecule has 0 saturated carbocycles. The quantitative estimate of drug-likeness (QED) is 0.218. The fourth-order valence-electron chi connectivity index (χ4n) is 2.04. The van der Waals surface area contributed by atoms with Crippen molar-refractivity contribution in [2.45, 2.75) is 73.4 Å². The van der Waals surface area contributed by atoms with Crippen LogP contribution in [0.25, 0.3) is 0 Å². The van der Waals surface area contributed by atoms with Gasteiger partial charge in [-0.2, -0.15) is 0 Å². The Morgan fingerprint density at radius 1 is 1.27 bits per heavy atom. The number of carbonyl (C=O) groups excluding carboxylic acids is 3. The SMILES string of the molecule is C=C(C)C[C@@H](C(=O)NCC(=O)OC)N(Cc1cccs1)C(=O)CBr.C=CC.CC.CCCC. The van der Waals surface area contributed by atoms with Crippen molar-refractivity contribution in [2.24, 2.45) is 0 Å². The van der Waals surface area contributed by atoms with Crippen LogP contribution in [0.4, 0.5) is 0 Å². The number of nitrogens with one attached hydrogen (secondary N) is 1. The summed E-state index contributed by atoms with van der Waals surface area (Å²) >= 11 is 4.67. The normalized spacial score (nSPS) is 9.82. The third-order valence-electron chi connectivity index (χ3n) is 3.70. The molecule has 0 spiro atoms. The Balaban J connectivity index is -0.000000861. The van der Waals surface area contributed by atoms with Gasteiger partial charge < -0.3 is 15.0 Å². The van der Waals surface area contributed by atoms with Crippen molar-refractivity contribution in [3.8, 4) is 0 Å². The Labute approximate surface area is 213 Å². The monoisotopic (exact) mass is 546 g/mol. The minimum Gasteiger partial charge on any atom is -0.468 e. The molecular formula is C25H43BrN2O4S. The Bertz CT molecular complexity index is 661. The first-order chi connectivity index (χ1) is 15.7. The lowest BCUT2D eigenvalue weighted by Crippen LogP contribution is -2.50. The van der Waals surface area contributed by atoms with Crippen molar-refractivity contribution in [1.29, 1.82) is 0 Å². The predicted octanol–water partition coefficient (Wildman–Crippen LogP) is 6.12. The molecule has 0 aliphatic rings. The second-order valence-corrected chi connectivity index (χ2v) is 8.21. The number of hydrogen-bond donors (Lipinski definition) is 1. The number of rotatable bonds is 10. The van der Waals surface area contributed by atoms with Gasteiger partial charge in [-0.1, -0.05) is 74.2 Å². The summed E-state index contributed by atoms with van der Waals surface area (Å²) in [6.45, 7) is 19.3. The third-order valence-corrected chi connectivity index (χ3v) is 5.04. The largest absolute Gasteiger partial charge is 0.468 e. The standard InChI is InChI=1S/C16H21BrN2O4S.C4H10.C3H6.C2H6/c1-11(2)7-13(16(22)18-9-15(21)23-3)19(14(20)8-17)10-12-5-4-6-24-12;1-3-4-2;1-3-2;1-2/h4-6,13H,1,7-10H2,2-3H3,(H,18,22);3-4H2,1-2H3;3H,1H2,2H3;1-2H3/t13-;;;/m0.../s1. The number of nitrogens with zero attached hydrogens (tertiary/aromatic N) is 1. The fraction of sp³-hybridized carbons (Fsp3) is 0.560. The van der Waals surface area contributed by atoms with E-state index in [1.165, 1.54) is 36.2 Å². The van der Waals surface area contributed by atoms with E-state index < -0.39 is 17.9 Å². The maximum atomic E-state index is 12.5.